The monoisotopic (exact) mass is 274 g/mol. The van der Waals surface area contributed by atoms with Crippen LogP contribution in [0.25, 0.3) is 0 Å². The Kier molecular flexibility index (Phi) is 5.23. The molecule has 0 saturated carbocycles. The lowest BCUT2D eigenvalue weighted by Gasteiger charge is -2.04. The first-order chi connectivity index (χ1) is 9.81. The van der Waals surface area contributed by atoms with Crippen LogP contribution in [0.4, 0.5) is 0 Å². The minimum Gasteiger partial charge on any atom is -0.460 e. The van der Waals surface area contributed by atoms with Gasteiger partial charge in [-0.25, -0.2) is 9.48 Å². The maximum atomic E-state index is 11.6. The maximum Gasteiger partial charge on any atom is 0.378 e. The third kappa shape index (κ3) is 3.88. The van der Waals surface area contributed by atoms with Crippen molar-refractivity contribution >= 4 is 5.97 Å². The van der Waals surface area contributed by atoms with E-state index in [9.17, 15) is 4.79 Å². The van der Waals surface area contributed by atoms with E-state index in [2.05, 4.69) is 27.7 Å². The second kappa shape index (κ2) is 7.37. The van der Waals surface area contributed by atoms with Crippen molar-refractivity contribution in [1.82, 2.24) is 20.2 Å². The lowest BCUT2D eigenvalue weighted by Crippen LogP contribution is -2.14. The minimum absolute atomic E-state index is 0.173. The van der Waals surface area contributed by atoms with Gasteiger partial charge in [-0.15, -0.1) is 5.10 Å². The lowest BCUT2D eigenvalue weighted by atomic mass is 10.1. The minimum atomic E-state index is -0.472. The molecule has 6 heteroatoms. The molecule has 0 amide bonds. The Balaban J connectivity index is 1.80. The summed E-state index contributed by atoms with van der Waals surface area (Å²) in [5.41, 5.74) is 1.31. The molecule has 1 aromatic carbocycles. The summed E-state index contributed by atoms with van der Waals surface area (Å²) in [6.45, 7) is 2.69. The molecule has 0 radical (unpaired) electrons. The van der Waals surface area contributed by atoms with Crippen molar-refractivity contribution < 1.29 is 9.53 Å². The predicted molar refractivity (Wildman–Crippen MR) is 73.2 cm³/mol. The summed E-state index contributed by atoms with van der Waals surface area (Å²) in [6, 6.07) is 10.3. The molecule has 20 heavy (non-hydrogen) atoms. The number of carbonyl (C=O) groups excluding carboxylic acids is 1. The highest BCUT2D eigenvalue weighted by molar-refractivity contribution is 5.85. The molecule has 1 aromatic heterocycles. The Bertz CT molecular complexity index is 539. The summed E-state index contributed by atoms with van der Waals surface area (Å²) in [7, 11) is 0. The molecule has 0 atom stereocenters. The van der Waals surface area contributed by atoms with E-state index < -0.39 is 5.97 Å². The normalized spacial score (nSPS) is 10.4. The highest BCUT2D eigenvalue weighted by atomic mass is 16.5. The van der Waals surface area contributed by atoms with E-state index in [1.165, 1.54) is 10.2 Å². The number of aryl methyl sites for hydroxylation is 2. The van der Waals surface area contributed by atoms with E-state index >= 15 is 0 Å². The Hall–Kier alpha value is -2.24. The molecule has 2 rings (SSSR count). The summed E-state index contributed by atoms with van der Waals surface area (Å²) < 4.78 is 6.40. The van der Waals surface area contributed by atoms with Crippen LogP contribution < -0.4 is 0 Å². The Morgan fingerprint density at radius 3 is 2.80 bits per heavy atom. The van der Waals surface area contributed by atoms with Crippen LogP contribution in [0.1, 0.15) is 35.9 Å². The number of nitrogens with zero attached hydrogens (tertiary/aromatic N) is 4. The number of ether oxygens (including phenoxy) is 1. The summed E-state index contributed by atoms with van der Waals surface area (Å²) in [4.78, 5) is 11.6. The second-order valence-electron chi connectivity index (χ2n) is 4.39. The number of aromatic nitrogens is 4. The molecule has 2 aromatic rings. The van der Waals surface area contributed by atoms with Gasteiger partial charge in [0.1, 0.15) is 0 Å². The van der Waals surface area contributed by atoms with Crippen molar-refractivity contribution in [2.45, 2.75) is 32.7 Å². The molecule has 0 N–H and O–H groups in total. The van der Waals surface area contributed by atoms with Crippen molar-refractivity contribution in [3.63, 3.8) is 0 Å². The Labute approximate surface area is 117 Å². The Morgan fingerprint density at radius 1 is 1.25 bits per heavy atom. The van der Waals surface area contributed by atoms with Crippen LogP contribution in [-0.2, 0) is 17.7 Å². The van der Waals surface area contributed by atoms with Gasteiger partial charge < -0.3 is 4.74 Å². The third-order valence-corrected chi connectivity index (χ3v) is 2.92. The molecule has 0 aliphatic carbocycles. The zero-order chi connectivity index (χ0) is 14.2. The lowest BCUT2D eigenvalue weighted by molar-refractivity contribution is 0.0504. The van der Waals surface area contributed by atoms with Crippen LogP contribution in [0.2, 0.25) is 0 Å². The molecule has 0 fully saturated rings. The maximum absolute atomic E-state index is 11.6. The molecule has 0 aliphatic rings. The van der Waals surface area contributed by atoms with Gasteiger partial charge in [0.05, 0.1) is 6.61 Å². The second-order valence-corrected chi connectivity index (χ2v) is 4.39. The van der Waals surface area contributed by atoms with Crippen LogP contribution in [0.3, 0.4) is 0 Å². The molecule has 6 nitrogen and oxygen atoms in total. The molecular formula is C14H18N4O2. The molecule has 0 unspecified atom stereocenters. The standard InChI is InChI=1S/C14H18N4O2/c1-2-20-14(19)13-15-16-17-18(13)11-7-6-10-12-8-4-3-5-9-12/h3-5,8-9H,2,6-7,10-11H2,1H3. The average Bonchev–Trinajstić information content (AvgIpc) is 2.93. The quantitative estimate of drug-likeness (QED) is 0.569. The van der Waals surface area contributed by atoms with Crippen LogP contribution in [0.15, 0.2) is 30.3 Å². The number of unbranched alkanes of at least 4 members (excludes halogenated alkanes) is 1. The molecular weight excluding hydrogens is 256 g/mol. The number of hydrogen-bond donors (Lipinski definition) is 0. The molecule has 0 bridgehead atoms. The number of tetrazole rings is 1. The summed E-state index contributed by atoms with van der Waals surface area (Å²) in [6.07, 6.45) is 2.94. The predicted octanol–water partition coefficient (Wildman–Crippen LogP) is 1.87. The summed E-state index contributed by atoms with van der Waals surface area (Å²) >= 11 is 0. The first-order valence-corrected chi connectivity index (χ1v) is 6.78. The summed E-state index contributed by atoms with van der Waals surface area (Å²) in [5, 5.41) is 11.0. The largest absolute Gasteiger partial charge is 0.460 e. The van der Waals surface area contributed by atoms with Crippen molar-refractivity contribution in [2.75, 3.05) is 6.61 Å². The van der Waals surface area contributed by atoms with Gasteiger partial charge in [-0.2, -0.15) is 0 Å². The van der Waals surface area contributed by atoms with E-state index in [4.69, 9.17) is 4.74 Å². The van der Waals surface area contributed by atoms with E-state index in [0.29, 0.717) is 13.2 Å². The SMILES string of the molecule is CCOC(=O)c1nnnn1CCCCc1ccccc1. The van der Waals surface area contributed by atoms with Crippen LogP contribution in [0, 0.1) is 0 Å². The fourth-order valence-electron chi connectivity index (χ4n) is 1.93. The van der Waals surface area contributed by atoms with Crippen LogP contribution in [-0.4, -0.2) is 32.8 Å². The molecule has 1 heterocycles. The fraction of sp³-hybridized carbons (Fsp3) is 0.429. The number of hydrogen-bond acceptors (Lipinski definition) is 5. The first-order valence-electron chi connectivity index (χ1n) is 6.78. The number of carbonyl (C=O) groups is 1. The Morgan fingerprint density at radius 2 is 2.05 bits per heavy atom. The van der Waals surface area contributed by atoms with Crippen LogP contribution >= 0.6 is 0 Å². The number of benzene rings is 1. The topological polar surface area (TPSA) is 69.9 Å². The molecule has 0 aliphatic heterocycles. The molecule has 0 spiro atoms. The highest BCUT2D eigenvalue weighted by Gasteiger charge is 2.15. The zero-order valence-corrected chi connectivity index (χ0v) is 11.5. The van der Waals surface area contributed by atoms with Crippen molar-refractivity contribution in [3.05, 3.63) is 41.7 Å². The van der Waals surface area contributed by atoms with E-state index in [1.54, 1.807) is 6.92 Å². The zero-order valence-electron chi connectivity index (χ0n) is 11.5. The van der Waals surface area contributed by atoms with Gasteiger partial charge in [-0.3, -0.25) is 0 Å². The van der Waals surface area contributed by atoms with Gasteiger partial charge in [0.2, 0.25) is 0 Å². The van der Waals surface area contributed by atoms with E-state index in [1.807, 2.05) is 18.2 Å². The third-order valence-electron chi connectivity index (χ3n) is 2.92. The van der Waals surface area contributed by atoms with Gasteiger partial charge in [0.25, 0.3) is 5.82 Å². The van der Waals surface area contributed by atoms with Gasteiger partial charge >= 0.3 is 5.97 Å². The number of rotatable bonds is 7. The van der Waals surface area contributed by atoms with Gasteiger partial charge in [-0.05, 0) is 42.2 Å². The fourth-order valence-corrected chi connectivity index (χ4v) is 1.93. The van der Waals surface area contributed by atoms with Crippen molar-refractivity contribution in [2.24, 2.45) is 0 Å². The average molecular weight is 274 g/mol. The van der Waals surface area contributed by atoms with Crippen LogP contribution in [0.5, 0.6) is 0 Å². The smallest absolute Gasteiger partial charge is 0.378 e. The van der Waals surface area contributed by atoms with Gasteiger partial charge in [0, 0.05) is 6.54 Å². The van der Waals surface area contributed by atoms with Gasteiger partial charge in [-0.1, -0.05) is 30.3 Å². The number of esters is 1. The molecule has 0 saturated heterocycles. The van der Waals surface area contributed by atoms with E-state index in [0.717, 1.165) is 19.3 Å². The van der Waals surface area contributed by atoms with E-state index in [-0.39, 0.29) is 5.82 Å². The summed E-state index contributed by atoms with van der Waals surface area (Å²) in [5.74, 6) is -0.299. The van der Waals surface area contributed by atoms with Crippen molar-refractivity contribution in [3.8, 4) is 0 Å². The van der Waals surface area contributed by atoms with Crippen molar-refractivity contribution in [1.29, 1.82) is 0 Å². The molecule has 106 valence electrons. The first kappa shape index (κ1) is 14.2. The van der Waals surface area contributed by atoms with Gasteiger partial charge in [0.15, 0.2) is 0 Å². The highest BCUT2D eigenvalue weighted by Crippen LogP contribution is 2.06.